The monoisotopic (exact) mass is 321 g/mol. The smallest absolute Gasteiger partial charge is 0.292 e. The fourth-order valence-corrected chi connectivity index (χ4v) is 1.91. The van der Waals surface area contributed by atoms with E-state index in [4.69, 9.17) is 9.84 Å². The number of halogens is 1. The number of rotatable bonds is 2. The van der Waals surface area contributed by atoms with Crippen LogP contribution in [-0.2, 0) is 4.74 Å². The minimum absolute atomic E-state index is 0. The second-order valence-electron chi connectivity index (χ2n) is 4.04. The second-order valence-corrected chi connectivity index (χ2v) is 4.04. The lowest BCUT2D eigenvalue weighted by Crippen LogP contribution is -3.00. The summed E-state index contributed by atoms with van der Waals surface area (Å²) in [7, 11) is 0. The number of nitrogens with zero attached hydrogens (tertiary/aromatic N) is 1. The SMILES string of the molecule is OC[C@H]1O[C@H]([n+]2ccccc2)[C@H](O)[C@@H](O)[C@@H]1O.[Br-]. The second kappa shape index (κ2) is 6.55. The van der Waals surface area contributed by atoms with E-state index in [0.717, 1.165) is 0 Å². The summed E-state index contributed by atoms with van der Waals surface area (Å²) in [5.74, 6) is 0. The van der Waals surface area contributed by atoms with Gasteiger partial charge in [-0.25, -0.2) is 0 Å². The molecule has 1 aromatic rings. The first-order valence-corrected chi connectivity index (χ1v) is 5.41. The van der Waals surface area contributed by atoms with E-state index in [1.165, 1.54) is 0 Å². The maximum Gasteiger partial charge on any atom is 0.292 e. The Bertz CT molecular complexity index is 364. The van der Waals surface area contributed by atoms with Crippen LogP contribution in [0.4, 0.5) is 0 Å². The van der Waals surface area contributed by atoms with Gasteiger partial charge in [0.05, 0.1) is 6.61 Å². The number of hydrogen-bond acceptors (Lipinski definition) is 5. The molecule has 1 aromatic heterocycles. The lowest BCUT2D eigenvalue weighted by Gasteiger charge is -2.36. The molecule has 0 bridgehead atoms. The van der Waals surface area contributed by atoms with Gasteiger partial charge in [-0.1, -0.05) is 6.07 Å². The molecule has 6 nitrogen and oxygen atoms in total. The van der Waals surface area contributed by atoms with E-state index in [-0.39, 0.29) is 17.0 Å². The van der Waals surface area contributed by atoms with Crippen molar-refractivity contribution in [3.05, 3.63) is 30.6 Å². The number of pyridine rings is 1. The molecule has 0 amide bonds. The lowest BCUT2D eigenvalue weighted by atomic mass is 9.98. The highest BCUT2D eigenvalue weighted by molar-refractivity contribution is 4.89. The molecule has 0 saturated carbocycles. The highest BCUT2D eigenvalue weighted by Gasteiger charge is 2.47. The predicted molar refractivity (Wildman–Crippen MR) is 55.7 cm³/mol. The molecule has 18 heavy (non-hydrogen) atoms. The molecule has 4 N–H and O–H groups in total. The highest BCUT2D eigenvalue weighted by Crippen LogP contribution is 2.24. The molecule has 0 spiro atoms. The van der Waals surface area contributed by atoms with Gasteiger partial charge in [-0.3, -0.25) is 0 Å². The third kappa shape index (κ3) is 2.87. The van der Waals surface area contributed by atoms with E-state index in [1.807, 2.05) is 0 Å². The standard InChI is InChI=1S/C11H16NO5.BrH/c13-6-7-8(14)9(15)10(16)11(17-7)12-4-2-1-3-5-12;/h1-5,7-11,13-16H,6H2;1H/q+1;/p-1/t7-,8-,9+,10-,11+;/m1./s1. The first-order chi connectivity index (χ1) is 8.15. The summed E-state index contributed by atoms with van der Waals surface area (Å²) in [6, 6.07) is 5.31. The van der Waals surface area contributed by atoms with E-state index < -0.39 is 37.3 Å². The van der Waals surface area contributed by atoms with Crippen LogP contribution in [0.25, 0.3) is 0 Å². The molecule has 2 rings (SSSR count). The van der Waals surface area contributed by atoms with Crippen molar-refractivity contribution in [2.24, 2.45) is 0 Å². The van der Waals surface area contributed by atoms with Crippen molar-refractivity contribution >= 4 is 0 Å². The Morgan fingerprint density at radius 1 is 0.944 bits per heavy atom. The van der Waals surface area contributed by atoms with Crippen LogP contribution in [0.5, 0.6) is 0 Å². The van der Waals surface area contributed by atoms with Gasteiger partial charge in [0, 0.05) is 12.1 Å². The molecule has 1 saturated heterocycles. The zero-order valence-electron chi connectivity index (χ0n) is 9.50. The Kier molecular flexibility index (Phi) is 5.64. The van der Waals surface area contributed by atoms with Gasteiger partial charge in [0.1, 0.15) is 18.3 Å². The van der Waals surface area contributed by atoms with Crippen LogP contribution in [-0.4, -0.2) is 51.4 Å². The molecule has 1 aliphatic rings. The fraction of sp³-hybridized carbons (Fsp3) is 0.545. The molecule has 102 valence electrons. The van der Waals surface area contributed by atoms with E-state index in [1.54, 1.807) is 35.2 Å². The Hall–Kier alpha value is -0.570. The molecule has 1 aliphatic heterocycles. The first kappa shape index (κ1) is 15.5. The van der Waals surface area contributed by atoms with Crippen molar-refractivity contribution in [1.29, 1.82) is 0 Å². The van der Waals surface area contributed by atoms with Gasteiger partial charge in [-0.05, 0) is 0 Å². The first-order valence-electron chi connectivity index (χ1n) is 5.41. The summed E-state index contributed by atoms with van der Waals surface area (Å²) in [6.45, 7) is -0.422. The Morgan fingerprint density at radius 3 is 2.11 bits per heavy atom. The summed E-state index contributed by atoms with van der Waals surface area (Å²) in [6.07, 6.45) is -2.29. The molecule has 5 atom stereocenters. The fourth-order valence-electron chi connectivity index (χ4n) is 1.91. The van der Waals surface area contributed by atoms with Crippen molar-refractivity contribution in [3.8, 4) is 0 Å². The normalized spacial score (nSPS) is 35.9. The van der Waals surface area contributed by atoms with Gasteiger partial charge >= 0.3 is 0 Å². The van der Waals surface area contributed by atoms with Crippen LogP contribution in [0.3, 0.4) is 0 Å². The van der Waals surface area contributed by atoms with Crippen molar-refractivity contribution in [2.45, 2.75) is 30.6 Å². The third-order valence-electron chi connectivity index (χ3n) is 2.90. The molecular formula is C11H16BrNO5. The van der Waals surface area contributed by atoms with E-state index >= 15 is 0 Å². The molecular weight excluding hydrogens is 306 g/mol. The Balaban J connectivity index is 0.00000162. The molecule has 0 radical (unpaired) electrons. The summed E-state index contributed by atoms with van der Waals surface area (Å²) < 4.78 is 6.94. The molecule has 0 aliphatic carbocycles. The maximum atomic E-state index is 9.84. The quantitative estimate of drug-likeness (QED) is 0.409. The molecule has 1 fully saturated rings. The van der Waals surface area contributed by atoms with Crippen LogP contribution in [0.1, 0.15) is 6.23 Å². The summed E-state index contributed by atoms with van der Waals surface area (Å²) in [5.41, 5.74) is 0. The van der Waals surface area contributed by atoms with Crippen LogP contribution < -0.4 is 21.5 Å². The van der Waals surface area contributed by atoms with Gasteiger partial charge in [0.15, 0.2) is 18.5 Å². The van der Waals surface area contributed by atoms with Crippen LogP contribution in [0, 0.1) is 0 Å². The predicted octanol–water partition coefficient (Wildman–Crippen LogP) is -5.05. The molecule has 7 heteroatoms. The lowest BCUT2D eigenvalue weighted by molar-refractivity contribution is -0.778. The molecule has 0 unspecified atom stereocenters. The maximum absolute atomic E-state index is 9.84. The minimum atomic E-state index is -1.35. The minimum Gasteiger partial charge on any atom is -1.00 e. The average molecular weight is 322 g/mol. The third-order valence-corrected chi connectivity index (χ3v) is 2.90. The Labute approximate surface area is 115 Å². The van der Waals surface area contributed by atoms with Gasteiger partial charge in [-0.15, -0.1) is 0 Å². The summed E-state index contributed by atoms with van der Waals surface area (Å²) in [5, 5.41) is 38.1. The average Bonchev–Trinajstić information content (AvgIpc) is 2.37. The number of aliphatic hydroxyl groups is 4. The largest absolute Gasteiger partial charge is 1.00 e. The van der Waals surface area contributed by atoms with Crippen molar-refractivity contribution in [1.82, 2.24) is 0 Å². The zero-order valence-corrected chi connectivity index (χ0v) is 11.1. The van der Waals surface area contributed by atoms with Crippen LogP contribution in [0.15, 0.2) is 30.6 Å². The van der Waals surface area contributed by atoms with E-state index in [9.17, 15) is 15.3 Å². The van der Waals surface area contributed by atoms with Crippen molar-refractivity contribution in [2.75, 3.05) is 6.61 Å². The van der Waals surface area contributed by atoms with E-state index in [2.05, 4.69) is 0 Å². The number of aromatic nitrogens is 1. The van der Waals surface area contributed by atoms with Crippen molar-refractivity contribution < 1.29 is 46.7 Å². The van der Waals surface area contributed by atoms with Crippen LogP contribution in [0.2, 0.25) is 0 Å². The summed E-state index contributed by atoms with van der Waals surface area (Å²) >= 11 is 0. The highest BCUT2D eigenvalue weighted by atomic mass is 79.9. The van der Waals surface area contributed by atoms with Gasteiger partial charge < -0.3 is 42.1 Å². The number of ether oxygens (including phenoxy) is 1. The Morgan fingerprint density at radius 2 is 1.56 bits per heavy atom. The molecule has 0 aromatic carbocycles. The van der Waals surface area contributed by atoms with Crippen LogP contribution >= 0.6 is 0 Å². The summed E-state index contributed by atoms with van der Waals surface area (Å²) in [4.78, 5) is 0. The topological polar surface area (TPSA) is 94.0 Å². The van der Waals surface area contributed by atoms with E-state index in [0.29, 0.717) is 0 Å². The van der Waals surface area contributed by atoms with Gasteiger partial charge in [-0.2, -0.15) is 4.57 Å². The van der Waals surface area contributed by atoms with Gasteiger partial charge in [0.2, 0.25) is 0 Å². The van der Waals surface area contributed by atoms with Crippen molar-refractivity contribution in [3.63, 3.8) is 0 Å². The number of aliphatic hydroxyl groups excluding tert-OH is 4. The van der Waals surface area contributed by atoms with Gasteiger partial charge in [0.25, 0.3) is 6.23 Å². The zero-order chi connectivity index (χ0) is 12.4. The number of hydrogen-bond donors (Lipinski definition) is 4. The molecule has 2 heterocycles.